The van der Waals surface area contributed by atoms with Gasteiger partial charge in [0, 0.05) is 18.2 Å². The molecule has 2 heterocycles. The molecule has 1 aromatic heterocycles. The van der Waals surface area contributed by atoms with Crippen LogP contribution in [0, 0.1) is 13.8 Å². The van der Waals surface area contributed by atoms with Gasteiger partial charge in [0.25, 0.3) is 5.56 Å². The van der Waals surface area contributed by atoms with E-state index >= 15 is 0 Å². The van der Waals surface area contributed by atoms with Crippen LogP contribution in [0.5, 0.6) is 0 Å². The minimum absolute atomic E-state index is 0.189. The Morgan fingerprint density at radius 2 is 2.00 bits per heavy atom. The van der Waals surface area contributed by atoms with Crippen LogP contribution in [-0.2, 0) is 9.47 Å². The summed E-state index contributed by atoms with van der Waals surface area (Å²) < 4.78 is 12.4. The lowest BCUT2D eigenvalue weighted by Gasteiger charge is -2.16. The number of aromatic amines is 1. The second-order valence-electron chi connectivity index (χ2n) is 6.34. The van der Waals surface area contributed by atoms with Crippen LogP contribution >= 0.6 is 0 Å². The molecule has 8 heteroatoms. The zero-order valence-corrected chi connectivity index (χ0v) is 14.5. The van der Waals surface area contributed by atoms with Crippen molar-refractivity contribution in [3.05, 3.63) is 68.0 Å². The number of aromatic nitrogens is 2. The van der Waals surface area contributed by atoms with E-state index in [9.17, 15) is 19.5 Å². The van der Waals surface area contributed by atoms with Gasteiger partial charge in [-0.3, -0.25) is 14.3 Å². The predicted octanol–water partition coefficient (Wildman–Crippen LogP) is 0.659. The minimum Gasteiger partial charge on any atom is -0.456 e. The van der Waals surface area contributed by atoms with Gasteiger partial charge >= 0.3 is 11.7 Å². The molecule has 0 radical (unpaired) electrons. The van der Waals surface area contributed by atoms with Crippen LogP contribution in [0.3, 0.4) is 0 Å². The van der Waals surface area contributed by atoms with Gasteiger partial charge in [0.05, 0.1) is 12.2 Å². The van der Waals surface area contributed by atoms with Crippen LogP contribution in [0.15, 0.2) is 40.1 Å². The Bertz CT molecular complexity index is 915. The number of benzene rings is 1. The number of esters is 1. The van der Waals surface area contributed by atoms with Crippen molar-refractivity contribution < 1.29 is 19.4 Å². The maximum absolute atomic E-state index is 12.3. The largest absolute Gasteiger partial charge is 0.456 e. The van der Waals surface area contributed by atoms with E-state index in [0.717, 1.165) is 5.56 Å². The van der Waals surface area contributed by atoms with Gasteiger partial charge in [0.2, 0.25) is 0 Å². The SMILES string of the molecule is Cc1ccc(C(=O)O[C@@H]2C[C@@H](n3cc(C)c(=O)[nH]c3=O)O[C@@H]2CO)cc1. The molecule has 0 unspecified atom stereocenters. The molecular formula is C18H20N2O6. The number of H-pyrrole nitrogens is 1. The predicted molar refractivity (Wildman–Crippen MR) is 92.1 cm³/mol. The number of aryl methyl sites for hydroxylation is 2. The molecule has 1 aliphatic heterocycles. The number of rotatable bonds is 4. The van der Waals surface area contributed by atoms with Gasteiger partial charge in [-0.25, -0.2) is 9.59 Å². The molecule has 0 aliphatic carbocycles. The summed E-state index contributed by atoms with van der Waals surface area (Å²) >= 11 is 0. The molecule has 1 fully saturated rings. The molecule has 2 N–H and O–H groups in total. The maximum atomic E-state index is 12.3. The van der Waals surface area contributed by atoms with Crippen LogP contribution in [0.4, 0.5) is 0 Å². The summed E-state index contributed by atoms with van der Waals surface area (Å²) in [5, 5.41) is 9.53. The van der Waals surface area contributed by atoms with Crippen LogP contribution in [0.1, 0.15) is 34.1 Å². The Kier molecular flexibility index (Phi) is 5.06. The van der Waals surface area contributed by atoms with E-state index in [-0.39, 0.29) is 13.0 Å². The van der Waals surface area contributed by atoms with Gasteiger partial charge in [0.1, 0.15) is 18.4 Å². The van der Waals surface area contributed by atoms with E-state index in [4.69, 9.17) is 9.47 Å². The molecule has 1 aliphatic rings. The number of carbonyl (C=O) groups excluding carboxylic acids is 1. The standard InChI is InChI=1S/C18H20N2O6/c1-10-3-5-12(6-4-10)17(23)26-13-7-15(25-14(13)9-21)20-8-11(2)16(22)19-18(20)24/h3-6,8,13-15,21H,7,9H2,1-2H3,(H,19,22,24)/t13-,14-,15+/m1/s1. The number of carbonyl (C=O) groups is 1. The topological polar surface area (TPSA) is 111 Å². The molecule has 1 aromatic carbocycles. The van der Waals surface area contributed by atoms with Crippen molar-refractivity contribution in [2.75, 3.05) is 6.61 Å². The molecule has 1 saturated heterocycles. The number of ether oxygens (including phenoxy) is 2. The molecule has 3 rings (SSSR count). The van der Waals surface area contributed by atoms with Gasteiger partial charge in [-0.15, -0.1) is 0 Å². The van der Waals surface area contributed by atoms with E-state index in [0.29, 0.717) is 11.1 Å². The quantitative estimate of drug-likeness (QED) is 0.775. The Morgan fingerprint density at radius 1 is 1.31 bits per heavy atom. The average molecular weight is 360 g/mol. The number of aliphatic hydroxyl groups excluding tert-OH is 1. The minimum atomic E-state index is -0.756. The van der Waals surface area contributed by atoms with Crippen LogP contribution in [-0.4, -0.2) is 39.4 Å². The van der Waals surface area contributed by atoms with E-state index in [2.05, 4.69) is 4.98 Å². The van der Waals surface area contributed by atoms with Crippen molar-refractivity contribution >= 4 is 5.97 Å². The van der Waals surface area contributed by atoms with Crippen molar-refractivity contribution in [2.24, 2.45) is 0 Å². The molecule has 0 amide bonds. The Hall–Kier alpha value is -2.71. The van der Waals surface area contributed by atoms with Crippen molar-refractivity contribution in [1.29, 1.82) is 0 Å². The average Bonchev–Trinajstić information content (AvgIpc) is 3.01. The Morgan fingerprint density at radius 3 is 2.65 bits per heavy atom. The fourth-order valence-corrected chi connectivity index (χ4v) is 2.85. The molecule has 138 valence electrons. The Labute approximate surface area is 149 Å². The first-order chi connectivity index (χ1) is 12.4. The van der Waals surface area contributed by atoms with Gasteiger partial charge in [-0.2, -0.15) is 0 Å². The smallest absolute Gasteiger partial charge is 0.338 e. The third kappa shape index (κ3) is 3.61. The zero-order chi connectivity index (χ0) is 18.8. The number of nitrogens with zero attached hydrogens (tertiary/aromatic N) is 1. The lowest BCUT2D eigenvalue weighted by Crippen LogP contribution is -2.33. The highest BCUT2D eigenvalue weighted by molar-refractivity contribution is 5.89. The van der Waals surface area contributed by atoms with E-state index < -0.39 is 35.7 Å². The maximum Gasteiger partial charge on any atom is 0.338 e. The van der Waals surface area contributed by atoms with Gasteiger partial charge in [0.15, 0.2) is 0 Å². The van der Waals surface area contributed by atoms with Crippen LogP contribution in [0.2, 0.25) is 0 Å². The molecular weight excluding hydrogens is 340 g/mol. The molecule has 26 heavy (non-hydrogen) atoms. The first-order valence-corrected chi connectivity index (χ1v) is 8.25. The highest BCUT2D eigenvalue weighted by Gasteiger charge is 2.39. The van der Waals surface area contributed by atoms with Crippen molar-refractivity contribution in [3.8, 4) is 0 Å². The summed E-state index contributed by atoms with van der Waals surface area (Å²) in [6.45, 7) is 3.12. The monoisotopic (exact) mass is 360 g/mol. The number of hydrogen-bond donors (Lipinski definition) is 2. The van der Waals surface area contributed by atoms with Crippen molar-refractivity contribution in [1.82, 2.24) is 9.55 Å². The molecule has 3 atom stereocenters. The Balaban J connectivity index is 1.78. The summed E-state index contributed by atoms with van der Waals surface area (Å²) in [5.74, 6) is -0.525. The highest BCUT2D eigenvalue weighted by Crippen LogP contribution is 2.30. The first-order valence-electron chi connectivity index (χ1n) is 8.25. The summed E-state index contributed by atoms with van der Waals surface area (Å²) in [6.07, 6.45) is -0.629. The molecule has 0 spiro atoms. The van der Waals surface area contributed by atoms with Crippen molar-refractivity contribution in [3.63, 3.8) is 0 Å². The van der Waals surface area contributed by atoms with Gasteiger partial charge in [-0.1, -0.05) is 17.7 Å². The fraction of sp³-hybridized carbons (Fsp3) is 0.389. The highest BCUT2D eigenvalue weighted by atomic mass is 16.6. The zero-order valence-electron chi connectivity index (χ0n) is 14.5. The number of aliphatic hydroxyl groups is 1. The number of nitrogens with one attached hydrogen (secondary N) is 1. The van der Waals surface area contributed by atoms with E-state index in [1.165, 1.54) is 10.8 Å². The third-order valence-corrected chi connectivity index (χ3v) is 4.36. The van der Waals surface area contributed by atoms with Crippen LogP contribution < -0.4 is 11.2 Å². The summed E-state index contributed by atoms with van der Waals surface area (Å²) in [6, 6.07) is 6.93. The second kappa shape index (κ2) is 7.27. The van der Waals surface area contributed by atoms with E-state index in [1.54, 1.807) is 31.2 Å². The lowest BCUT2D eigenvalue weighted by atomic mass is 10.1. The number of hydrogen-bond acceptors (Lipinski definition) is 6. The van der Waals surface area contributed by atoms with Gasteiger partial charge in [-0.05, 0) is 26.0 Å². The second-order valence-corrected chi connectivity index (χ2v) is 6.34. The normalized spacial score (nSPS) is 22.3. The molecule has 0 bridgehead atoms. The molecule has 2 aromatic rings. The lowest BCUT2D eigenvalue weighted by molar-refractivity contribution is -0.0522. The van der Waals surface area contributed by atoms with E-state index in [1.807, 2.05) is 6.92 Å². The fourth-order valence-electron chi connectivity index (χ4n) is 2.85. The summed E-state index contributed by atoms with van der Waals surface area (Å²) in [5.41, 5.74) is 0.687. The molecule has 8 nitrogen and oxygen atoms in total. The van der Waals surface area contributed by atoms with Crippen LogP contribution in [0.25, 0.3) is 0 Å². The first kappa shape index (κ1) is 18.1. The summed E-state index contributed by atoms with van der Waals surface area (Å²) in [4.78, 5) is 38.0. The summed E-state index contributed by atoms with van der Waals surface area (Å²) in [7, 11) is 0. The van der Waals surface area contributed by atoms with Gasteiger partial charge < -0.3 is 14.6 Å². The van der Waals surface area contributed by atoms with Crippen molar-refractivity contribution in [2.45, 2.75) is 38.7 Å². The molecule has 0 saturated carbocycles. The third-order valence-electron chi connectivity index (χ3n) is 4.36.